The van der Waals surface area contributed by atoms with Crippen molar-refractivity contribution >= 4 is 5.97 Å². The molecule has 102 valence electrons. The molecule has 0 heterocycles. The van der Waals surface area contributed by atoms with Crippen LogP contribution in [0.2, 0.25) is 0 Å². The first-order valence-corrected chi connectivity index (χ1v) is 6.17. The van der Waals surface area contributed by atoms with Gasteiger partial charge in [0.15, 0.2) is 0 Å². The maximum atomic E-state index is 11.5. The minimum absolute atomic E-state index is 0.0284. The Morgan fingerprint density at radius 2 is 2.00 bits per heavy atom. The van der Waals surface area contributed by atoms with Crippen LogP contribution in [0.15, 0.2) is 29.4 Å². The van der Waals surface area contributed by atoms with Gasteiger partial charge in [0.05, 0.1) is 6.61 Å². The third-order valence-electron chi connectivity index (χ3n) is 2.54. The van der Waals surface area contributed by atoms with Gasteiger partial charge in [-0.15, -0.1) is 0 Å². The zero-order chi connectivity index (χ0) is 13.9. The van der Waals surface area contributed by atoms with Crippen LogP contribution in [0.3, 0.4) is 0 Å². The van der Waals surface area contributed by atoms with E-state index in [0.29, 0.717) is 25.1 Å². The molecule has 0 aliphatic rings. The van der Waals surface area contributed by atoms with E-state index in [1.807, 2.05) is 0 Å². The van der Waals surface area contributed by atoms with Gasteiger partial charge in [0.1, 0.15) is 5.75 Å². The van der Waals surface area contributed by atoms with Crippen molar-refractivity contribution < 1.29 is 14.6 Å². The molecule has 0 aliphatic carbocycles. The summed E-state index contributed by atoms with van der Waals surface area (Å²) in [6.07, 6.45) is 2.67. The van der Waals surface area contributed by atoms with Gasteiger partial charge < -0.3 is 9.84 Å². The highest BCUT2D eigenvalue weighted by Crippen LogP contribution is 2.13. The average molecular weight is 263 g/mol. The summed E-state index contributed by atoms with van der Waals surface area (Å²) in [5.74, 6) is 0.205. The number of rotatable bonds is 8. The Balaban J connectivity index is 2.21. The molecule has 1 rings (SSSR count). The molecule has 0 saturated carbocycles. The Hall–Kier alpha value is -2.04. The van der Waals surface area contributed by atoms with E-state index in [1.165, 1.54) is 0 Å². The van der Waals surface area contributed by atoms with Crippen LogP contribution in [0.4, 0.5) is 0 Å². The highest BCUT2D eigenvalue weighted by Gasteiger charge is 2.04. The first-order chi connectivity index (χ1) is 9.26. The summed E-state index contributed by atoms with van der Waals surface area (Å²) in [7, 11) is 0. The fourth-order valence-electron chi connectivity index (χ4n) is 1.52. The van der Waals surface area contributed by atoms with E-state index < -0.39 is 0 Å². The molecule has 0 aromatic heterocycles. The van der Waals surface area contributed by atoms with Crippen LogP contribution in [-0.4, -0.2) is 17.6 Å². The lowest BCUT2D eigenvalue weighted by molar-refractivity contribution is -0.134. The lowest BCUT2D eigenvalue weighted by atomic mass is 10.2. The summed E-state index contributed by atoms with van der Waals surface area (Å²) in [5, 5.41) is 12.3. The first kappa shape index (κ1) is 15.0. The molecule has 1 aromatic rings. The first-order valence-electron chi connectivity index (χ1n) is 6.17. The molecular formula is C13H17N3O3. The third kappa shape index (κ3) is 6.45. The molecule has 0 spiro atoms. The van der Waals surface area contributed by atoms with Crippen LogP contribution < -0.4 is 4.74 Å². The summed E-state index contributed by atoms with van der Waals surface area (Å²) in [5.41, 5.74) is 8.86. The highest BCUT2D eigenvalue weighted by molar-refractivity contribution is 5.72. The summed E-state index contributed by atoms with van der Waals surface area (Å²) in [6.45, 7) is 0.438. The molecule has 0 saturated heterocycles. The molecule has 1 aromatic carbocycles. The van der Waals surface area contributed by atoms with Gasteiger partial charge in [-0.05, 0) is 36.1 Å². The number of hydrogen-bond donors (Lipinski definition) is 1. The number of ether oxygens (including phenoxy) is 1. The van der Waals surface area contributed by atoms with E-state index in [2.05, 4.69) is 10.0 Å². The molecular weight excluding hydrogens is 246 g/mol. The maximum absolute atomic E-state index is 11.5. The van der Waals surface area contributed by atoms with Gasteiger partial charge in [-0.3, -0.25) is 4.79 Å². The number of esters is 1. The Bertz CT molecular complexity index is 439. The van der Waals surface area contributed by atoms with Crippen LogP contribution in [0.1, 0.15) is 31.2 Å². The third-order valence-corrected chi connectivity index (χ3v) is 2.54. The van der Waals surface area contributed by atoms with E-state index in [-0.39, 0.29) is 12.6 Å². The minimum atomic E-state index is -0.277. The predicted octanol–water partition coefficient (Wildman–Crippen LogP) is 2.96. The number of azide groups is 1. The van der Waals surface area contributed by atoms with Crippen molar-refractivity contribution in [3.8, 4) is 5.75 Å². The second-order valence-corrected chi connectivity index (χ2v) is 4.04. The van der Waals surface area contributed by atoms with Gasteiger partial charge in [0.25, 0.3) is 0 Å². The van der Waals surface area contributed by atoms with Gasteiger partial charge in [-0.2, -0.15) is 0 Å². The van der Waals surface area contributed by atoms with E-state index in [4.69, 9.17) is 15.4 Å². The van der Waals surface area contributed by atoms with Crippen molar-refractivity contribution in [2.45, 2.75) is 32.3 Å². The van der Waals surface area contributed by atoms with Gasteiger partial charge in [-0.25, -0.2) is 0 Å². The zero-order valence-corrected chi connectivity index (χ0v) is 10.7. The molecule has 0 radical (unpaired) electrons. The van der Waals surface area contributed by atoms with E-state index in [1.54, 1.807) is 24.3 Å². The molecule has 0 aliphatic heterocycles. The van der Waals surface area contributed by atoms with Gasteiger partial charge in [-0.1, -0.05) is 23.7 Å². The van der Waals surface area contributed by atoms with Crippen molar-refractivity contribution in [2.75, 3.05) is 6.54 Å². The van der Waals surface area contributed by atoms with Crippen LogP contribution >= 0.6 is 0 Å². The number of carbonyl (C=O) groups is 1. The lowest BCUT2D eigenvalue weighted by Crippen LogP contribution is -2.07. The number of benzene rings is 1. The minimum Gasteiger partial charge on any atom is -0.427 e. The van der Waals surface area contributed by atoms with Gasteiger partial charge in [0.2, 0.25) is 0 Å². The molecule has 19 heavy (non-hydrogen) atoms. The van der Waals surface area contributed by atoms with E-state index in [0.717, 1.165) is 18.4 Å². The van der Waals surface area contributed by atoms with Gasteiger partial charge in [0, 0.05) is 17.9 Å². The van der Waals surface area contributed by atoms with Crippen molar-refractivity contribution in [3.05, 3.63) is 40.3 Å². The molecule has 0 atom stereocenters. The van der Waals surface area contributed by atoms with Crippen LogP contribution in [0, 0.1) is 0 Å². The Morgan fingerprint density at radius 1 is 1.26 bits per heavy atom. The van der Waals surface area contributed by atoms with Crippen LogP contribution in [-0.2, 0) is 11.4 Å². The average Bonchev–Trinajstić information content (AvgIpc) is 2.43. The highest BCUT2D eigenvalue weighted by atomic mass is 16.5. The van der Waals surface area contributed by atoms with Crippen molar-refractivity contribution in [2.24, 2.45) is 5.11 Å². The summed E-state index contributed by atoms with van der Waals surface area (Å²) < 4.78 is 5.14. The summed E-state index contributed by atoms with van der Waals surface area (Å²) in [6, 6.07) is 6.74. The number of carbonyl (C=O) groups excluding carboxylic acids is 1. The molecule has 0 unspecified atom stereocenters. The van der Waals surface area contributed by atoms with Crippen molar-refractivity contribution in [1.82, 2.24) is 0 Å². The molecule has 0 bridgehead atoms. The Labute approximate surface area is 111 Å². The second kappa shape index (κ2) is 8.97. The van der Waals surface area contributed by atoms with Crippen LogP contribution in [0.25, 0.3) is 10.4 Å². The van der Waals surface area contributed by atoms with Gasteiger partial charge >= 0.3 is 5.97 Å². The SMILES string of the molecule is [N-]=[N+]=NCCCCCC(=O)Oc1ccc(CO)cc1. The lowest BCUT2D eigenvalue weighted by Gasteiger charge is -2.04. The standard InChI is InChI=1S/C13H17N3O3/c14-16-15-9-3-1-2-4-13(18)19-12-7-5-11(10-17)6-8-12/h5-8,17H,1-4,9-10H2. The normalized spacial score (nSPS) is 9.74. The monoisotopic (exact) mass is 263 g/mol. The fraction of sp³-hybridized carbons (Fsp3) is 0.462. The topological polar surface area (TPSA) is 95.3 Å². The molecule has 0 fully saturated rings. The summed E-state index contributed by atoms with van der Waals surface area (Å²) in [4.78, 5) is 14.2. The number of hydrogen-bond acceptors (Lipinski definition) is 4. The number of aliphatic hydroxyl groups is 1. The second-order valence-electron chi connectivity index (χ2n) is 4.04. The maximum Gasteiger partial charge on any atom is 0.311 e. The molecule has 6 nitrogen and oxygen atoms in total. The van der Waals surface area contributed by atoms with Crippen molar-refractivity contribution in [3.63, 3.8) is 0 Å². The summed E-state index contributed by atoms with van der Waals surface area (Å²) >= 11 is 0. The quantitative estimate of drug-likeness (QED) is 0.195. The largest absolute Gasteiger partial charge is 0.427 e. The zero-order valence-electron chi connectivity index (χ0n) is 10.7. The molecule has 0 amide bonds. The smallest absolute Gasteiger partial charge is 0.311 e. The van der Waals surface area contributed by atoms with Crippen molar-refractivity contribution in [1.29, 1.82) is 0 Å². The number of unbranched alkanes of at least 4 members (excludes halogenated alkanes) is 2. The number of aliphatic hydroxyl groups excluding tert-OH is 1. The fourth-order valence-corrected chi connectivity index (χ4v) is 1.52. The number of nitrogens with zero attached hydrogens (tertiary/aromatic N) is 3. The Kier molecular flexibility index (Phi) is 7.09. The predicted molar refractivity (Wildman–Crippen MR) is 70.5 cm³/mol. The molecule has 1 N–H and O–H groups in total. The van der Waals surface area contributed by atoms with E-state index in [9.17, 15) is 4.79 Å². The Morgan fingerprint density at radius 3 is 2.63 bits per heavy atom. The van der Waals surface area contributed by atoms with E-state index >= 15 is 0 Å². The molecule has 6 heteroatoms. The van der Waals surface area contributed by atoms with Crippen LogP contribution in [0.5, 0.6) is 5.75 Å².